The minimum Gasteiger partial charge on any atom is -0.334 e. The molecule has 1 atom stereocenters. The number of amides is 2. The van der Waals surface area contributed by atoms with Gasteiger partial charge in [-0.25, -0.2) is 4.79 Å². The molecule has 0 radical (unpaired) electrons. The fraction of sp³-hybridized carbons (Fsp3) is 0.316. The van der Waals surface area contributed by atoms with E-state index in [1.165, 1.54) is 5.56 Å². The van der Waals surface area contributed by atoms with Gasteiger partial charge in [0, 0.05) is 11.6 Å². The molecular weight excluding hydrogens is 308 g/mol. The number of halogens is 1. The quantitative estimate of drug-likeness (QED) is 0.827. The van der Waals surface area contributed by atoms with Crippen molar-refractivity contribution in [3.8, 4) is 0 Å². The second-order valence-electron chi connectivity index (χ2n) is 6.12. The first kappa shape index (κ1) is 15.9. The summed E-state index contributed by atoms with van der Waals surface area (Å²) in [5, 5.41) is 6.78. The fourth-order valence-electron chi connectivity index (χ4n) is 2.75. The lowest BCUT2D eigenvalue weighted by Gasteiger charge is -2.19. The van der Waals surface area contributed by atoms with E-state index in [1.54, 1.807) is 0 Å². The smallest absolute Gasteiger partial charge is 0.315 e. The maximum atomic E-state index is 12.3. The zero-order valence-electron chi connectivity index (χ0n) is 13.2. The van der Waals surface area contributed by atoms with Gasteiger partial charge in [-0.3, -0.25) is 0 Å². The Morgan fingerprint density at radius 2 is 1.87 bits per heavy atom. The molecule has 4 heteroatoms. The van der Waals surface area contributed by atoms with Gasteiger partial charge in [-0.15, -0.1) is 0 Å². The molecule has 2 aromatic rings. The van der Waals surface area contributed by atoms with Crippen molar-refractivity contribution >= 4 is 17.6 Å². The van der Waals surface area contributed by atoms with Gasteiger partial charge in [-0.2, -0.15) is 0 Å². The molecule has 23 heavy (non-hydrogen) atoms. The molecule has 2 amide bonds. The molecule has 3 rings (SSSR count). The molecule has 0 spiro atoms. The van der Waals surface area contributed by atoms with E-state index in [0.29, 0.717) is 17.5 Å². The van der Waals surface area contributed by atoms with Crippen molar-refractivity contribution in [2.24, 2.45) is 5.92 Å². The van der Waals surface area contributed by atoms with E-state index >= 15 is 0 Å². The van der Waals surface area contributed by atoms with E-state index in [9.17, 15) is 4.79 Å². The van der Waals surface area contributed by atoms with E-state index in [0.717, 1.165) is 24.0 Å². The molecule has 1 unspecified atom stereocenters. The van der Waals surface area contributed by atoms with Gasteiger partial charge in [0.05, 0.1) is 6.04 Å². The minimum absolute atomic E-state index is 0.0594. The molecule has 0 saturated heterocycles. The number of benzene rings is 2. The predicted molar refractivity (Wildman–Crippen MR) is 93.5 cm³/mol. The van der Waals surface area contributed by atoms with Crippen LogP contribution < -0.4 is 10.6 Å². The normalized spacial score (nSPS) is 15.0. The molecule has 0 aliphatic heterocycles. The van der Waals surface area contributed by atoms with Crippen LogP contribution in [0.5, 0.6) is 0 Å². The fourth-order valence-corrected chi connectivity index (χ4v) is 2.88. The highest BCUT2D eigenvalue weighted by molar-refractivity contribution is 6.30. The monoisotopic (exact) mass is 328 g/mol. The number of urea groups is 1. The first-order valence-corrected chi connectivity index (χ1v) is 8.35. The third-order valence-electron chi connectivity index (χ3n) is 4.31. The summed E-state index contributed by atoms with van der Waals surface area (Å²) >= 11 is 5.95. The lowest BCUT2D eigenvalue weighted by molar-refractivity contribution is 0.235. The van der Waals surface area contributed by atoms with Crippen LogP contribution in [0.2, 0.25) is 5.02 Å². The maximum Gasteiger partial charge on any atom is 0.315 e. The van der Waals surface area contributed by atoms with Gasteiger partial charge in [0.15, 0.2) is 0 Å². The van der Waals surface area contributed by atoms with Crippen LogP contribution in [0.1, 0.15) is 35.6 Å². The van der Waals surface area contributed by atoms with Crippen molar-refractivity contribution in [1.82, 2.24) is 10.6 Å². The highest BCUT2D eigenvalue weighted by atomic mass is 35.5. The number of hydrogen-bond donors (Lipinski definition) is 2. The van der Waals surface area contributed by atoms with Crippen LogP contribution in [0.3, 0.4) is 0 Å². The standard InChI is InChI=1S/C19H21ClN2O/c1-13-4-2-3-5-16(13)12-21-19(23)22-18(14-6-7-14)15-8-10-17(20)11-9-15/h2-5,8-11,14,18H,6-7,12H2,1H3,(H2,21,22,23). The Balaban J connectivity index is 1.61. The second-order valence-corrected chi connectivity index (χ2v) is 6.56. The first-order valence-electron chi connectivity index (χ1n) is 7.98. The minimum atomic E-state index is -0.125. The summed E-state index contributed by atoms with van der Waals surface area (Å²) < 4.78 is 0. The van der Waals surface area contributed by atoms with Crippen LogP contribution in [0, 0.1) is 12.8 Å². The van der Waals surface area contributed by atoms with Gasteiger partial charge >= 0.3 is 6.03 Å². The van der Waals surface area contributed by atoms with Crippen molar-refractivity contribution in [3.05, 3.63) is 70.2 Å². The lowest BCUT2D eigenvalue weighted by Crippen LogP contribution is -2.38. The molecule has 3 nitrogen and oxygen atoms in total. The number of nitrogens with one attached hydrogen (secondary N) is 2. The molecule has 0 aromatic heterocycles. The second kappa shape index (κ2) is 7.05. The molecular formula is C19H21ClN2O. The van der Waals surface area contributed by atoms with Crippen LogP contribution in [-0.4, -0.2) is 6.03 Å². The molecule has 2 N–H and O–H groups in total. The van der Waals surface area contributed by atoms with Crippen LogP contribution in [0.25, 0.3) is 0 Å². The number of rotatable bonds is 5. The Bertz CT molecular complexity index is 680. The highest BCUT2D eigenvalue weighted by Crippen LogP contribution is 2.41. The van der Waals surface area contributed by atoms with Gasteiger partial charge in [0.2, 0.25) is 0 Å². The molecule has 2 aromatic carbocycles. The average molecular weight is 329 g/mol. The molecule has 1 aliphatic carbocycles. The van der Waals surface area contributed by atoms with E-state index in [1.807, 2.05) is 42.5 Å². The van der Waals surface area contributed by atoms with Crippen molar-refractivity contribution in [3.63, 3.8) is 0 Å². The van der Waals surface area contributed by atoms with E-state index < -0.39 is 0 Å². The predicted octanol–water partition coefficient (Wildman–Crippen LogP) is 4.60. The van der Waals surface area contributed by atoms with Gasteiger partial charge in [0.25, 0.3) is 0 Å². The molecule has 1 fully saturated rings. The van der Waals surface area contributed by atoms with E-state index in [2.05, 4.69) is 23.6 Å². The Hall–Kier alpha value is -2.00. The van der Waals surface area contributed by atoms with Crippen molar-refractivity contribution in [1.29, 1.82) is 0 Å². The van der Waals surface area contributed by atoms with Crippen molar-refractivity contribution in [2.75, 3.05) is 0 Å². The molecule has 1 aliphatic rings. The van der Waals surface area contributed by atoms with Gasteiger partial charge < -0.3 is 10.6 Å². The number of hydrogen-bond acceptors (Lipinski definition) is 1. The summed E-state index contributed by atoms with van der Waals surface area (Å²) in [6, 6.07) is 15.7. The number of carbonyl (C=O) groups excluding carboxylic acids is 1. The van der Waals surface area contributed by atoms with Gasteiger partial charge in [-0.1, -0.05) is 48.0 Å². The van der Waals surface area contributed by atoms with E-state index in [-0.39, 0.29) is 12.1 Å². The third kappa shape index (κ3) is 4.26. The van der Waals surface area contributed by atoms with Gasteiger partial charge in [-0.05, 0) is 54.5 Å². The van der Waals surface area contributed by atoms with Crippen molar-refractivity contribution < 1.29 is 4.79 Å². The van der Waals surface area contributed by atoms with Crippen LogP contribution in [0.4, 0.5) is 4.79 Å². The molecule has 0 heterocycles. The maximum absolute atomic E-state index is 12.3. The number of aryl methyl sites for hydroxylation is 1. The first-order chi connectivity index (χ1) is 11.1. The highest BCUT2D eigenvalue weighted by Gasteiger charge is 2.33. The summed E-state index contributed by atoms with van der Waals surface area (Å²) in [7, 11) is 0. The molecule has 120 valence electrons. The summed E-state index contributed by atoms with van der Waals surface area (Å²) in [5.41, 5.74) is 3.43. The molecule has 1 saturated carbocycles. The Morgan fingerprint density at radius 1 is 1.17 bits per heavy atom. The van der Waals surface area contributed by atoms with Crippen molar-refractivity contribution in [2.45, 2.75) is 32.4 Å². The van der Waals surface area contributed by atoms with Gasteiger partial charge in [0.1, 0.15) is 0 Å². The van der Waals surface area contributed by atoms with Crippen LogP contribution >= 0.6 is 11.6 Å². The largest absolute Gasteiger partial charge is 0.334 e. The average Bonchev–Trinajstić information content (AvgIpc) is 3.38. The zero-order valence-corrected chi connectivity index (χ0v) is 13.9. The summed E-state index contributed by atoms with van der Waals surface area (Å²) in [6.45, 7) is 2.59. The third-order valence-corrected chi connectivity index (χ3v) is 4.56. The van der Waals surface area contributed by atoms with Crippen LogP contribution in [-0.2, 0) is 6.54 Å². The SMILES string of the molecule is Cc1ccccc1CNC(=O)NC(c1ccc(Cl)cc1)C1CC1. The van der Waals surface area contributed by atoms with Crippen LogP contribution in [0.15, 0.2) is 48.5 Å². The van der Waals surface area contributed by atoms with E-state index in [4.69, 9.17) is 11.6 Å². The zero-order chi connectivity index (χ0) is 16.2. The topological polar surface area (TPSA) is 41.1 Å². The molecule has 0 bridgehead atoms. The Labute approximate surface area is 142 Å². The lowest BCUT2D eigenvalue weighted by atomic mass is 10.0. The Kier molecular flexibility index (Phi) is 4.87. The summed E-state index contributed by atoms with van der Waals surface area (Å²) in [4.78, 5) is 12.3. The summed E-state index contributed by atoms with van der Waals surface area (Å²) in [5.74, 6) is 0.528. The Morgan fingerprint density at radius 3 is 2.52 bits per heavy atom. The number of carbonyl (C=O) groups is 1. The summed E-state index contributed by atoms with van der Waals surface area (Å²) in [6.07, 6.45) is 2.32.